The Balaban J connectivity index is 1.65. The number of amides is 2. The predicted octanol–water partition coefficient (Wildman–Crippen LogP) is 6.32. The number of esters is 1. The number of nitrogens with zero attached hydrogens (tertiary/aromatic N) is 2. The summed E-state index contributed by atoms with van der Waals surface area (Å²) in [6, 6.07) is 0.659. The van der Waals surface area contributed by atoms with Crippen LogP contribution in [-0.4, -0.2) is 45.8 Å². The summed E-state index contributed by atoms with van der Waals surface area (Å²) in [5.74, 6) is 0.535. The summed E-state index contributed by atoms with van der Waals surface area (Å²) < 4.78 is 5.98. The van der Waals surface area contributed by atoms with E-state index in [-0.39, 0.29) is 17.3 Å². The fraction of sp³-hybridized carbons (Fsp3) is 0.783. The molecule has 0 radical (unpaired) electrons. The maximum Gasteiger partial charge on any atom is 0.324 e. The van der Waals surface area contributed by atoms with E-state index in [1.54, 1.807) is 6.20 Å². The maximum absolute atomic E-state index is 13.4. The van der Waals surface area contributed by atoms with Crippen molar-refractivity contribution < 1.29 is 14.3 Å². The molecule has 2 fully saturated rings. The van der Waals surface area contributed by atoms with Gasteiger partial charge in [0.1, 0.15) is 5.25 Å². The number of aromatic nitrogens is 1. The minimum absolute atomic E-state index is 0.00389. The van der Waals surface area contributed by atoms with Gasteiger partial charge in [-0.05, 0) is 58.3 Å². The Morgan fingerprint density at radius 2 is 1.81 bits per heavy atom. The molecule has 2 saturated carbocycles. The molecule has 0 saturated heterocycles. The summed E-state index contributed by atoms with van der Waals surface area (Å²) in [6.07, 6.45) is 13.5. The molecule has 2 aliphatic carbocycles. The zero-order valence-corrected chi connectivity index (χ0v) is 20.7. The van der Waals surface area contributed by atoms with Crippen molar-refractivity contribution in [3.8, 4) is 0 Å². The van der Waals surface area contributed by atoms with Gasteiger partial charge in [-0.15, -0.1) is 0 Å². The summed E-state index contributed by atoms with van der Waals surface area (Å²) in [6.45, 7) is 6.34. The van der Waals surface area contributed by atoms with Gasteiger partial charge >= 0.3 is 12.0 Å². The number of hydrogen-bond donors (Lipinski definition) is 1. The average Bonchev–Trinajstić information content (AvgIpc) is 3.01. The lowest BCUT2D eigenvalue weighted by Crippen LogP contribution is -2.50. The largest absolute Gasteiger partial charge is 0.465 e. The van der Waals surface area contributed by atoms with E-state index in [2.05, 4.69) is 22.1 Å². The number of ether oxygens (including phenoxy) is 1. The van der Waals surface area contributed by atoms with E-state index >= 15 is 0 Å². The topological polar surface area (TPSA) is 71.5 Å². The Morgan fingerprint density at radius 3 is 2.45 bits per heavy atom. The van der Waals surface area contributed by atoms with Crippen LogP contribution < -0.4 is 5.32 Å². The fourth-order valence-corrected chi connectivity index (χ4v) is 6.72. The summed E-state index contributed by atoms with van der Waals surface area (Å²) in [7, 11) is 0. The molecule has 0 spiro atoms. The van der Waals surface area contributed by atoms with Crippen LogP contribution in [0, 0.1) is 5.92 Å². The van der Waals surface area contributed by atoms with Gasteiger partial charge in [0.05, 0.1) is 17.0 Å². The van der Waals surface area contributed by atoms with Crippen molar-refractivity contribution in [1.82, 2.24) is 9.88 Å². The van der Waals surface area contributed by atoms with Gasteiger partial charge < -0.3 is 9.64 Å². The Hall–Kier alpha value is -1.28. The van der Waals surface area contributed by atoms with Crippen LogP contribution in [0.25, 0.3) is 0 Å². The normalized spacial score (nSPS) is 23.6. The highest BCUT2D eigenvalue weighted by Crippen LogP contribution is 2.34. The third kappa shape index (κ3) is 7.11. The number of thiazole rings is 1. The van der Waals surface area contributed by atoms with Crippen molar-refractivity contribution in [2.75, 3.05) is 11.9 Å². The molecule has 1 aromatic heterocycles. The highest BCUT2D eigenvalue weighted by atomic mass is 32.2. The third-order valence-corrected chi connectivity index (χ3v) is 8.57. The van der Waals surface area contributed by atoms with E-state index in [4.69, 9.17) is 4.74 Å². The first-order valence-electron chi connectivity index (χ1n) is 11.9. The Morgan fingerprint density at radius 1 is 1.16 bits per heavy atom. The second kappa shape index (κ2) is 12.1. The number of thioether (sulfide) groups is 1. The second-order valence-electron chi connectivity index (χ2n) is 8.89. The molecule has 3 rings (SSSR count). The van der Waals surface area contributed by atoms with Crippen molar-refractivity contribution in [3.05, 3.63) is 6.20 Å². The summed E-state index contributed by atoms with van der Waals surface area (Å²) in [5.41, 5.74) is 0. The molecule has 6 nitrogen and oxygen atoms in total. The molecule has 1 aromatic rings. The van der Waals surface area contributed by atoms with Gasteiger partial charge in [0.25, 0.3) is 0 Å². The summed E-state index contributed by atoms with van der Waals surface area (Å²) >= 11 is 2.85. The van der Waals surface area contributed by atoms with E-state index in [1.807, 2.05) is 13.8 Å². The Kier molecular flexibility index (Phi) is 9.50. The number of anilines is 1. The number of rotatable bonds is 7. The first-order valence-corrected chi connectivity index (χ1v) is 13.6. The molecule has 1 unspecified atom stereocenters. The number of carbonyl (C=O) groups is 2. The van der Waals surface area contributed by atoms with Gasteiger partial charge in [-0.2, -0.15) is 0 Å². The first kappa shape index (κ1) is 24.4. The molecular formula is C23H37N3O3S2. The van der Waals surface area contributed by atoms with Gasteiger partial charge in [-0.3, -0.25) is 10.1 Å². The third-order valence-electron chi connectivity index (χ3n) is 6.44. The van der Waals surface area contributed by atoms with E-state index in [0.29, 0.717) is 23.8 Å². The number of nitrogens with one attached hydrogen (secondary N) is 1. The molecule has 174 valence electrons. The van der Waals surface area contributed by atoms with Crippen LogP contribution in [0.2, 0.25) is 0 Å². The number of urea groups is 1. The van der Waals surface area contributed by atoms with Gasteiger partial charge in [0, 0.05) is 12.1 Å². The SMILES string of the molecule is CCOC(=O)C(C)Sc1cnc(NC(=O)N(C2CCCCCC2)C2CCC(C)CC2)s1. The highest BCUT2D eigenvalue weighted by Gasteiger charge is 2.33. The Labute approximate surface area is 194 Å². The molecule has 8 heteroatoms. The van der Waals surface area contributed by atoms with Crippen LogP contribution in [0.15, 0.2) is 10.4 Å². The van der Waals surface area contributed by atoms with E-state index in [0.717, 1.165) is 35.8 Å². The van der Waals surface area contributed by atoms with Gasteiger partial charge in [0.15, 0.2) is 5.13 Å². The van der Waals surface area contributed by atoms with Crippen LogP contribution in [0.1, 0.15) is 85.0 Å². The predicted molar refractivity (Wildman–Crippen MR) is 128 cm³/mol. The molecule has 1 heterocycles. The van der Waals surface area contributed by atoms with E-state index in [1.165, 1.54) is 61.6 Å². The van der Waals surface area contributed by atoms with Gasteiger partial charge in [-0.25, -0.2) is 9.78 Å². The lowest BCUT2D eigenvalue weighted by atomic mass is 9.85. The van der Waals surface area contributed by atoms with E-state index < -0.39 is 0 Å². The standard InChI is InChI=1S/C23H37N3O3S2/c1-4-29-21(27)17(3)30-20-15-24-22(31-20)25-23(28)26(18-9-7-5-6-8-10-18)19-13-11-16(2)12-14-19/h15-19H,4-14H2,1-3H3,(H,24,25,28). The molecule has 31 heavy (non-hydrogen) atoms. The molecule has 0 aromatic carbocycles. The number of carbonyl (C=O) groups excluding carboxylic acids is 2. The van der Waals surface area contributed by atoms with Crippen molar-refractivity contribution in [1.29, 1.82) is 0 Å². The fourth-order valence-electron chi connectivity index (χ4n) is 4.70. The average molecular weight is 468 g/mol. The minimum Gasteiger partial charge on any atom is -0.465 e. The van der Waals surface area contributed by atoms with Gasteiger partial charge in [-0.1, -0.05) is 55.7 Å². The first-order chi connectivity index (χ1) is 15.0. The second-order valence-corrected chi connectivity index (χ2v) is 11.6. The molecule has 0 bridgehead atoms. The molecular weight excluding hydrogens is 430 g/mol. The van der Waals surface area contributed by atoms with Crippen LogP contribution in [0.3, 0.4) is 0 Å². The van der Waals surface area contributed by atoms with E-state index in [9.17, 15) is 9.59 Å². The molecule has 1 atom stereocenters. The zero-order chi connectivity index (χ0) is 22.2. The highest BCUT2D eigenvalue weighted by molar-refractivity contribution is 8.02. The van der Waals surface area contributed by atoms with Crippen molar-refractivity contribution in [3.63, 3.8) is 0 Å². The van der Waals surface area contributed by atoms with Crippen LogP contribution >= 0.6 is 23.1 Å². The van der Waals surface area contributed by atoms with Crippen LogP contribution in [0.4, 0.5) is 9.93 Å². The van der Waals surface area contributed by atoms with Crippen molar-refractivity contribution >= 4 is 40.2 Å². The summed E-state index contributed by atoms with van der Waals surface area (Å²) in [4.78, 5) is 31.9. The van der Waals surface area contributed by atoms with Crippen LogP contribution in [-0.2, 0) is 9.53 Å². The zero-order valence-electron chi connectivity index (χ0n) is 19.1. The van der Waals surface area contributed by atoms with Crippen molar-refractivity contribution in [2.45, 2.75) is 107 Å². The minimum atomic E-state index is -0.296. The maximum atomic E-state index is 13.4. The smallest absolute Gasteiger partial charge is 0.324 e. The lowest BCUT2D eigenvalue weighted by Gasteiger charge is -2.40. The Bertz CT molecular complexity index is 711. The number of hydrogen-bond acceptors (Lipinski definition) is 6. The van der Waals surface area contributed by atoms with Crippen LogP contribution in [0.5, 0.6) is 0 Å². The quantitative estimate of drug-likeness (QED) is 0.288. The molecule has 0 aliphatic heterocycles. The van der Waals surface area contributed by atoms with Crippen molar-refractivity contribution in [2.24, 2.45) is 5.92 Å². The summed E-state index contributed by atoms with van der Waals surface area (Å²) in [5, 5.41) is 3.39. The van der Waals surface area contributed by atoms with Gasteiger partial charge in [0.2, 0.25) is 0 Å². The molecule has 2 aliphatic rings. The lowest BCUT2D eigenvalue weighted by molar-refractivity contribution is -0.142. The molecule has 2 amide bonds. The monoisotopic (exact) mass is 467 g/mol. The molecule has 1 N–H and O–H groups in total.